The minimum absolute atomic E-state index is 0.0195. The van der Waals surface area contributed by atoms with E-state index in [1.54, 1.807) is 0 Å². The number of hydrogen-bond donors (Lipinski definition) is 0. The zero-order valence-electron chi connectivity index (χ0n) is 24.3. The summed E-state index contributed by atoms with van der Waals surface area (Å²) in [7, 11) is 0. The van der Waals surface area contributed by atoms with Gasteiger partial charge in [0, 0.05) is 5.56 Å². The number of rotatable bonds is 14. The molecule has 3 aromatic carbocycles. The van der Waals surface area contributed by atoms with Crippen molar-refractivity contribution in [2.24, 2.45) is 11.8 Å². The number of halogens is 5. The summed E-state index contributed by atoms with van der Waals surface area (Å²) in [5.41, 5.74) is 3.82. The molecule has 1 aliphatic rings. The highest BCUT2D eigenvalue weighted by Gasteiger charge is 2.21. The van der Waals surface area contributed by atoms with Crippen LogP contribution in [0.25, 0.3) is 0 Å². The van der Waals surface area contributed by atoms with Gasteiger partial charge in [-0.05, 0) is 110 Å². The molecule has 0 bridgehead atoms. The standard InChI is InChI=1S/C36H43ClF4/c1-2-3-4-5-6-25-7-9-26(10-8-25)11-12-27-13-15-28(16-14-27)17-18-29-21-32(38)31(33(39)22-29)20-19-30-23-34(40)36(37)35(41)24-30/h7-10,21-24,27-28H,2-6,11-20H2,1H3/t27-,28-. The molecule has 0 aromatic heterocycles. The van der Waals surface area contributed by atoms with E-state index in [0.29, 0.717) is 23.5 Å². The van der Waals surface area contributed by atoms with Crippen LogP contribution in [0.1, 0.15) is 98.9 Å². The molecule has 1 fully saturated rings. The summed E-state index contributed by atoms with van der Waals surface area (Å²) in [6.07, 6.45) is 15.3. The average molecular weight is 587 g/mol. The third-order valence-electron chi connectivity index (χ3n) is 8.90. The van der Waals surface area contributed by atoms with Crippen molar-refractivity contribution in [1.82, 2.24) is 0 Å². The molecule has 0 atom stereocenters. The van der Waals surface area contributed by atoms with Crippen molar-refractivity contribution in [2.45, 2.75) is 103 Å². The van der Waals surface area contributed by atoms with E-state index in [1.165, 1.54) is 87.5 Å². The lowest BCUT2D eigenvalue weighted by Gasteiger charge is -2.28. The van der Waals surface area contributed by atoms with E-state index < -0.39 is 28.3 Å². The van der Waals surface area contributed by atoms with Crippen LogP contribution in [-0.4, -0.2) is 0 Å². The normalized spacial score (nSPS) is 17.2. The van der Waals surface area contributed by atoms with Crippen LogP contribution in [-0.2, 0) is 32.1 Å². The van der Waals surface area contributed by atoms with Gasteiger partial charge in [-0.1, -0.05) is 87.7 Å². The zero-order valence-corrected chi connectivity index (χ0v) is 25.0. The predicted octanol–water partition coefficient (Wildman–Crippen LogP) is 11.2. The smallest absolute Gasteiger partial charge is 0.145 e. The van der Waals surface area contributed by atoms with Crippen LogP contribution in [0.3, 0.4) is 0 Å². The van der Waals surface area contributed by atoms with Crippen LogP contribution in [0.5, 0.6) is 0 Å². The van der Waals surface area contributed by atoms with E-state index in [-0.39, 0.29) is 18.4 Å². The largest absolute Gasteiger partial charge is 0.207 e. The van der Waals surface area contributed by atoms with Gasteiger partial charge in [-0.3, -0.25) is 0 Å². The number of unbranched alkanes of at least 4 members (excludes halogenated alkanes) is 3. The molecule has 0 amide bonds. The third-order valence-corrected chi connectivity index (χ3v) is 9.26. The first-order valence-electron chi connectivity index (χ1n) is 15.5. The molecule has 1 aliphatic carbocycles. The van der Waals surface area contributed by atoms with Gasteiger partial charge in [0.1, 0.15) is 28.3 Å². The number of hydrogen-bond acceptors (Lipinski definition) is 0. The molecule has 0 radical (unpaired) electrons. The maximum Gasteiger partial charge on any atom is 0.145 e. The molecule has 0 aliphatic heterocycles. The number of benzene rings is 3. The lowest BCUT2D eigenvalue weighted by atomic mass is 9.77. The van der Waals surface area contributed by atoms with Gasteiger partial charge in [-0.2, -0.15) is 0 Å². The maximum atomic E-state index is 14.8. The van der Waals surface area contributed by atoms with Gasteiger partial charge in [0.25, 0.3) is 0 Å². The third kappa shape index (κ3) is 9.60. The molecule has 0 unspecified atom stereocenters. The highest BCUT2D eigenvalue weighted by Crippen LogP contribution is 2.34. The lowest BCUT2D eigenvalue weighted by Crippen LogP contribution is -2.16. The topological polar surface area (TPSA) is 0 Å². The minimum atomic E-state index is -0.870. The molecular weight excluding hydrogens is 544 g/mol. The van der Waals surface area contributed by atoms with Gasteiger partial charge in [-0.25, -0.2) is 17.6 Å². The first-order chi connectivity index (χ1) is 19.8. The van der Waals surface area contributed by atoms with Crippen LogP contribution in [0, 0.1) is 35.1 Å². The lowest BCUT2D eigenvalue weighted by molar-refractivity contribution is 0.253. The Morgan fingerprint density at radius 1 is 0.561 bits per heavy atom. The van der Waals surface area contributed by atoms with E-state index in [9.17, 15) is 17.6 Å². The van der Waals surface area contributed by atoms with E-state index in [0.717, 1.165) is 30.9 Å². The molecule has 0 heterocycles. The van der Waals surface area contributed by atoms with E-state index in [1.807, 2.05) is 0 Å². The molecule has 41 heavy (non-hydrogen) atoms. The molecule has 3 aromatic rings. The number of aryl methyl sites for hydroxylation is 4. The fourth-order valence-corrected chi connectivity index (χ4v) is 6.35. The molecular formula is C36H43ClF4. The molecule has 4 rings (SSSR count). The summed E-state index contributed by atoms with van der Waals surface area (Å²) in [5, 5.41) is -0.571. The van der Waals surface area contributed by atoms with Crippen molar-refractivity contribution in [3.63, 3.8) is 0 Å². The second kappa shape index (κ2) is 15.8. The van der Waals surface area contributed by atoms with Crippen molar-refractivity contribution >= 4 is 11.6 Å². The second-order valence-electron chi connectivity index (χ2n) is 12.0. The Labute approximate surface area is 248 Å². The zero-order chi connectivity index (χ0) is 29.2. The second-order valence-corrected chi connectivity index (χ2v) is 12.4. The van der Waals surface area contributed by atoms with Gasteiger partial charge < -0.3 is 0 Å². The maximum absolute atomic E-state index is 14.8. The Kier molecular flexibility index (Phi) is 12.2. The van der Waals surface area contributed by atoms with Crippen molar-refractivity contribution in [1.29, 1.82) is 0 Å². The Hall–Kier alpha value is -2.33. The van der Waals surface area contributed by atoms with Gasteiger partial charge >= 0.3 is 0 Å². The summed E-state index contributed by atoms with van der Waals surface area (Å²) >= 11 is 5.52. The molecule has 0 nitrogen and oxygen atoms in total. The van der Waals surface area contributed by atoms with Crippen LogP contribution in [0.15, 0.2) is 48.5 Å². The first kappa shape index (κ1) is 31.6. The van der Waals surface area contributed by atoms with Crippen LogP contribution in [0.2, 0.25) is 5.02 Å². The van der Waals surface area contributed by atoms with Gasteiger partial charge in [0.15, 0.2) is 0 Å². The monoisotopic (exact) mass is 586 g/mol. The Morgan fingerprint density at radius 2 is 1.02 bits per heavy atom. The Balaban J connectivity index is 1.17. The summed E-state index contributed by atoms with van der Waals surface area (Å²) in [4.78, 5) is 0. The molecule has 0 N–H and O–H groups in total. The SMILES string of the molecule is CCCCCCc1ccc(CC[C@H]2CC[C@H](CCc3cc(F)c(CCc4cc(F)c(Cl)c(F)c4)c(F)c3)CC2)cc1. The summed E-state index contributed by atoms with van der Waals surface area (Å²) in [5.74, 6) is -1.57. The quantitative estimate of drug-likeness (QED) is 0.100. The van der Waals surface area contributed by atoms with Gasteiger partial charge in [0.05, 0.1) is 0 Å². The van der Waals surface area contributed by atoms with E-state index in [2.05, 4.69) is 31.2 Å². The molecule has 0 spiro atoms. The fraction of sp³-hybridized carbons (Fsp3) is 0.500. The average Bonchev–Trinajstić information content (AvgIpc) is 2.96. The van der Waals surface area contributed by atoms with E-state index >= 15 is 0 Å². The van der Waals surface area contributed by atoms with Crippen molar-refractivity contribution in [3.8, 4) is 0 Å². The van der Waals surface area contributed by atoms with Crippen molar-refractivity contribution < 1.29 is 17.6 Å². The summed E-state index contributed by atoms with van der Waals surface area (Å²) < 4.78 is 56.9. The highest BCUT2D eigenvalue weighted by molar-refractivity contribution is 6.30. The molecule has 5 heteroatoms. The fourth-order valence-electron chi connectivity index (χ4n) is 6.24. The van der Waals surface area contributed by atoms with Crippen molar-refractivity contribution in [3.05, 3.63) is 105 Å². The Bertz CT molecular complexity index is 1200. The van der Waals surface area contributed by atoms with Crippen LogP contribution < -0.4 is 0 Å². The van der Waals surface area contributed by atoms with E-state index in [4.69, 9.17) is 11.6 Å². The van der Waals surface area contributed by atoms with Crippen molar-refractivity contribution in [2.75, 3.05) is 0 Å². The summed E-state index contributed by atoms with van der Waals surface area (Å²) in [6, 6.07) is 14.3. The molecule has 0 saturated heterocycles. The highest BCUT2D eigenvalue weighted by atomic mass is 35.5. The molecule has 222 valence electrons. The Morgan fingerprint density at radius 3 is 1.56 bits per heavy atom. The van der Waals surface area contributed by atoms with Crippen LogP contribution >= 0.6 is 11.6 Å². The predicted molar refractivity (Wildman–Crippen MR) is 162 cm³/mol. The van der Waals surface area contributed by atoms with Crippen LogP contribution in [0.4, 0.5) is 17.6 Å². The molecule has 1 saturated carbocycles. The van der Waals surface area contributed by atoms with Gasteiger partial charge in [-0.15, -0.1) is 0 Å². The summed E-state index contributed by atoms with van der Waals surface area (Å²) in [6.45, 7) is 2.25. The minimum Gasteiger partial charge on any atom is -0.207 e. The van der Waals surface area contributed by atoms with Gasteiger partial charge in [0.2, 0.25) is 0 Å². The first-order valence-corrected chi connectivity index (χ1v) is 15.9.